The van der Waals surface area contributed by atoms with E-state index in [2.05, 4.69) is 22.6 Å². The monoisotopic (exact) mass is 573 g/mol. The Morgan fingerprint density at radius 1 is 1.09 bits per heavy atom. The Kier molecular flexibility index (Phi) is 7.34. The third kappa shape index (κ3) is 5.39. The van der Waals surface area contributed by atoms with E-state index < -0.39 is 5.97 Å². The predicted octanol–water partition coefficient (Wildman–Crippen LogP) is 5.62. The van der Waals surface area contributed by atoms with Gasteiger partial charge in [-0.2, -0.15) is 0 Å². The van der Waals surface area contributed by atoms with Crippen LogP contribution >= 0.6 is 34.4 Å². The predicted molar refractivity (Wildman–Crippen MR) is 137 cm³/mol. The number of halogens is 1. The quantitative estimate of drug-likeness (QED) is 0.208. The maximum atomic E-state index is 13.0. The molecule has 0 atom stereocenters. The highest BCUT2D eigenvalue weighted by Crippen LogP contribution is 2.35. The fourth-order valence-corrected chi connectivity index (χ4v) is 4.99. The van der Waals surface area contributed by atoms with Crippen molar-refractivity contribution in [3.8, 4) is 5.75 Å². The molecule has 33 heavy (non-hydrogen) atoms. The summed E-state index contributed by atoms with van der Waals surface area (Å²) < 4.78 is 11.1. The highest BCUT2D eigenvalue weighted by Gasteiger charge is 2.35. The lowest BCUT2D eigenvalue weighted by Gasteiger charge is -2.14. The van der Waals surface area contributed by atoms with Crippen LogP contribution in [0.2, 0.25) is 0 Å². The largest absolute Gasteiger partial charge is 0.481 e. The van der Waals surface area contributed by atoms with Gasteiger partial charge < -0.3 is 9.47 Å². The molecule has 168 valence electrons. The maximum Gasteiger partial charge on any atom is 0.344 e. The first kappa shape index (κ1) is 23.3. The highest BCUT2D eigenvalue weighted by molar-refractivity contribution is 14.1. The molecule has 2 amide bonds. The Labute approximate surface area is 209 Å². The molecule has 0 aliphatic carbocycles. The molecule has 8 heteroatoms. The van der Waals surface area contributed by atoms with Crippen LogP contribution in [0.5, 0.6) is 5.75 Å². The van der Waals surface area contributed by atoms with Crippen LogP contribution in [0.4, 0.5) is 4.79 Å². The molecule has 0 radical (unpaired) electrons. The van der Waals surface area contributed by atoms with E-state index in [1.54, 1.807) is 25.1 Å². The summed E-state index contributed by atoms with van der Waals surface area (Å²) in [5, 5.41) is 1.80. The van der Waals surface area contributed by atoms with Gasteiger partial charge in [0, 0.05) is 0 Å². The van der Waals surface area contributed by atoms with E-state index >= 15 is 0 Å². The number of esters is 1. The van der Waals surface area contributed by atoms with Crippen LogP contribution in [0.15, 0.2) is 65.6 Å². The van der Waals surface area contributed by atoms with E-state index in [4.69, 9.17) is 9.47 Å². The van der Waals surface area contributed by atoms with E-state index in [-0.39, 0.29) is 24.3 Å². The average molecular weight is 573 g/mol. The van der Waals surface area contributed by atoms with E-state index in [0.29, 0.717) is 17.3 Å². The number of hydrogen-bond donors (Lipinski definition) is 0. The van der Waals surface area contributed by atoms with Crippen LogP contribution in [-0.4, -0.2) is 35.2 Å². The zero-order valence-electron chi connectivity index (χ0n) is 17.7. The second-order valence-electron chi connectivity index (χ2n) is 7.19. The van der Waals surface area contributed by atoms with Gasteiger partial charge >= 0.3 is 5.97 Å². The van der Waals surface area contributed by atoms with E-state index in [0.717, 1.165) is 37.2 Å². The molecular formula is C25H20INO5S. The number of amides is 2. The Hall–Kier alpha value is -2.85. The molecule has 0 saturated carbocycles. The summed E-state index contributed by atoms with van der Waals surface area (Å²) in [5.41, 5.74) is 1.69. The van der Waals surface area contributed by atoms with Crippen molar-refractivity contribution in [3.05, 3.63) is 80.3 Å². The molecule has 1 heterocycles. The van der Waals surface area contributed by atoms with Gasteiger partial charge in [-0.3, -0.25) is 14.5 Å². The number of imide groups is 1. The lowest BCUT2D eigenvalue weighted by molar-refractivity contribution is -0.145. The zero-order chi connectivity index (χ0) is 23.4. The second-order valence-corrected chi connectivity index (χ2v) is 9.35. The third-order valence-electron chi connectivity index (χ3n) is 4.99. The number of benzene rings is 3. The lowest BCUT2D eigenvalue weighted by atomic mass is 10.0. The SMILES string of the molecule is CCOC(=O)COc1ccc(/C=C2/SC(=O)N(Cc3cccc4ccccc34)C2=O)cc1I. The highest BCUT2D eigenvalue weighted by atomic mass is 127. The Morgan fingerprint density at radius 3 is 2.67 bits per heavy atom. The lowest BCUT2D eigenvalue weighted by Crippen LogP contribution is -2.27. The van der Waals surface area contributed by atoms with Gasteiger partial charge in [0.2, 0.25) is 0 Å². The molecule has 0 aromatic heterocycles. The molecule has 4 rings (SSSR count). The normalized spacial score (nSPS) is 14.8. The minimum Gasteiger partial charge on any atom is -0.481 e. The smallest absolute Gasteiger partial charge is 0.344 e. The molecule has 0 spiro atoms. The van der Waals surface area contributed by atoms with Crippen LogP contribution in [0.25, 0.3) is 16.8 Å². The topological polar surface area (TPSA) is 72.9 Å². The van der Waals surface area contributed by atoms with Crippen LogP contribution in [0, 0.1) is 3.57 Å². The summed E-state index contributed by atoms with van der Waals surface area (Å²) in [6, 6.07) is 19.1. The van der Waals surface area contributed by atoms with Crippen LogP contribution < -0.4 is 4.74 Å². The van der Waals surface area contributed by atoms with Gasteiger partial charge in [0.1, 0.15) is 5.75 Å². The molecule has 1 fully saturated rings. The second kappa shape index (κ2) is 10.4. The Morgan fingerprint density at radius 2 is 1.88 bits per heavy atom. The van der Waals surface area contributed by atoms with Gasteiger partial charge in [0.15, 0.2) is 6.61 Å². The number of nitrogens with zero attached hydrogens (tertiary/aromatic N) is 1. The van der Waals surface area contributed by atoms with E-state index in [1.165, 1.54) is 4.90 Å². The molecule has 3 aromatic rings. The van der Waals surface area contributed by atoms with Crippen molar-refractivity contribution < 1.29 is 23.9 Å². The van der Waals surface area contributed by atoms with Crippen LogP contribution in [0.1, 0.15) is 18.1 Å². The molecule has 1 aliphatic heterocycles. The first-order valence-corrected chi connectivity index (χ1v) is 12.2. The van der Waals surface area contributed by atoms with Crippen molar-refractivity contribution in [3.63, 3.8) is 0 Å². The first-order valence-electron chi connectivity index (χ1n) is 10.3. The minimum atomic E-state index is -0.433. The molecule has 0 bridgehead atoms. The molecular weight excluding hydrogens is 553 g/mol. The number of carbonyl (C=O) groups excluding carboxylic acids is 3. The Balaban J connectivity index is 1.49. The number of fused-ring (bicyclic) bond motifs is 1. The van der Waals surface area contributed by atoms with Gasteiger partial charge in [0.25, 0.3) is 11.1 Å². The van der Waals surface area contributed by atoms with Gasteiger partial charge in [-0.1, -0.05) is 48.5 Å². The summed E-state index contributed by atoms with van der Waals surface area (Å²) >= 11 is 3.04. The molecule has 3 aromatic carbocycles. The van der Waals surface area contributed by atoms with Gasteiger partial charge in [0.05, 0.1) is 21.6 Å². The van der Waals surface area contributed by atoms with Crippen LogP contribution in [0.3, 0.4) is 0 Å². The minimum absolute atomic E-state index is 0.170. The molecule has 0 N–H and O–H groups in total. The number of ether oxygens (including phenoxy) is 2. The number of hydrogen-bond acceptors (Lipinski definition) is 6. The van der Waals surface area contributed by atoms with Crippen molar-refractivity contribution in [2.24, 2.45) is 0 Å². The number of rotatable bonds is 7. The standard InChI is InChI=1S/C25H20INO5S/c1-2-31-23(28)15-32-21-11-10-16(12-20(21)26)13-22-24(29)27(25(30)33-22)14-18-8-5-7-17-6-3-4-9-19(17)18/h3-13H,2,14-15H2,1H3/b22-13+. The fourth-order valence-electron chi connectivity index (χ4n) is 3.45. The summed E-state index contributed by atoms with van der Waals surface area (Å²) in [7, 11) is 0. The van der Waals surface area contributed by atoms with Gasteiger partial charge in [-0.05, 0) is 81.4 Å². The molecule has 0 unspecified atom stereocenters. The number of carbonyl (C=O) groups is 3. The van der Waals surface area contributed by atoms with Crippen molar-refractivity contribution in [1.82, 2.24) is 4.90 Å². The molecule has 1 aliphatic rings. The zero-order valence-corrected chi connectivity index (χ0v) is 20.7. The maximum absolute atomic E-state index is 13.0. The van der Waals surface area contributed by atoms with Crippen molar-refractivity contribution in [1.29, 1.82) is 0 Å². The first-order chi connectivity index (χ1) is 16.0. The van der Waals surface area contributed by atoms with Gasteiger partial charge in [-0.15, -0.1) is 0 Å². The van der Waals surface area contributed by atoms with Crippen LogP contribution in [-0.2, 0) is 20.9 Å². The van der Waals surface area contributed by atoms with E-state index in [9.17, 15) is 14.4 Å². The molecule has 6 nitrogen and oxygen atoms in total. The third-order valence-corrected chi connectivity index (χ3v) is 6.74. The number of thioether (sulfide) groups is 1. The Bertz CT molecular complexity index is 1270. The van der Waals surface area contributed by atoms with Crippen molar-refractivity contribution in [2.45, 2.75) is 13.5 Å². The van der Waals surface area contributed by atoms with E-state index in [1.807, 2.05) is 48.5 Å². The van der Waals surface area contributed by atoms with Crippen molar-refractivity contribution >= 4 is 68.3 Å². The average Bonchev–Trinajstić information content (AvgIpc) is 3.06. The van der Waals surface area contributed by atoms with Gasteiger partial charge in [-0.25, -0.2) is 4.79 Å². The fraction of sp³-hybridized carbons (Fsp3) is 0.160. The summed E-state index contributed by atoms with van der Waals surface area (Å²) in [6.45, 7) is 2.09. The molecule has 1 saturated heterocycles. The van der Waals surface area contributed by atoms with Crippen molar-refractivity contribution in [2.75, 3.05) is 13.2 Å². The summed E-state index contributed by atoms with van der Waals surface area (Å²) in [6.07, 6.45) is 1.70. The summed E-state index contributed by atoms with van der Waals surface area (Å²) in [4.78, 5) is 38.7. The summed E-state index contributed by atoms with van der Waals surface area (Å²) in [5.74, 6) is -0.197.